The van der Waals surface area contributed by atoms with Gasteiger partial charge in [0.1, 0.15) is 11.2 Å². The summed E-state index contributed by atoms with van der Waals surface area (Å²) in [7, 11) is -3.52. The minimum atomic E-state index is -3.52. The van der Waals surface area contributed by atoms with Crippen molar-refractivity contribution < 1.29 is 8.42 Å². The lowest BCUT2D eigenvalue weighted by atomic mass is 9.73. The number of benzene rings is 1. The van der Waals surface area contributed by atoms with Crippen LogP contribution in [0.15, 0.2) is 54.9 Å². The summed E-state index contributed by atoms with van der Waals surface area (Å²) in [5, 5.41) is 0. The molecule has 0 unspecified atom stereocenters. The Morgan fingerprint density at radius 2 is 1.84 bits per heavy atom. The fourth-order valence-electron chi connectivity index (χ4n) is 3.79. The largest absolute Gasteiger partial charge is 0.321 e. The van der Waals surface area contributed by atoms with Crippen LogP contribution >= 0.6 is 0 Å². The first kappa shape index (κ1) is 19.6. The van der Waals surface area contributed by atoms with Crippen LogP contribution in [0.4, 0.5) is 5.95 Å². The summed E-state index contributed by atoms with van der Waals surface area (Å²) in [5.41, 5.74) is 9.79. The van der Waals surface area contributed by atoms with Gasteiger partial charge in [-0.15, -0.1) is 0 Å². The van der Waals surface area contributed by atoms with E-state index in [2.05, 4.69) is 24.7 Å². The summed E-state index contributed by atoms with van der Waals surface area (Å²) < 4.78 is 27.5. The Labute approximate surface area is 179 Å². The highest BCUT2D eigenvalue weighted by atomic mass is 32.2. The second kappa shape index (κ2) is 7.10. The van der Waals surface area contributed by atoms with E-state index in [0.717, 1.165) is 36.8 Å². The molecule has 0 saturated heterocycles. The summed E-state index contributed by atoms with van der Waals surface area (Å²) >= 11 is 0. The molecular formula is C21H21N7O2S. The second-order valence-corrected chi connectivity index (χ2v) is 9.57. The van der Waals surface area contributed by atoms with Crippen LogP contribution in [0, 0.1) is 0 Å². The van der Waals surface area contributed by atoms with Crippen LogP contribution in [-0.2, 0) is 15.6 Å². The molecule has 158 valence electrons. The van der Waals surface area contributed by atoms with E-state index >= 15 is 0 Å². The number of hydrogen-bond donors (Lipinski definition) is 2. The Morgan fingerprint density at radius 1 is 1.06 bits per heavy atom. The van der Waals surface area contributed by atoms with Gasteiger partial charge in [-0.2, -0.15) is 4.98 Å². The van der Waals surface area contributed by atoms with Gasteiger partial charge in [0.15, 0.2) is 11.5 Å². The van der Waals surface area contributed by atoms with Crippen LogP contribution in [0.3, 0.4) is 0 Å². The highest BCUT2D eigenvalue weighted by molar-refractivity contribution is 7.91. The van der Waals surface area contributed by atoms with Gasteiger partial charge in [0, 0.05) is 17.4 Å². The Morgan fingerprint density at radius 3 is 2.45 bits per heavy atom. The van der Waals surface area contributed by atoms with Crippen LogP contribution in [-0.4, -0.2) is 39.2 Å². The fourth-order valence-corrected chi connectivity index (χ4v) is 4.22. The lowest BCUT2D eigenvalue weighted by Gasteiger charge is -2.38. The predicted octanol–water partition coefficient (Wildman–Crippen LogP) is 2.59. The second-order valence-electron chi connectivity index (χ2n) is 7.82. The molecule has 5 rings (SSSR count). The molecule has 1 aliphatic rings. The topological polar surface area (TPSA) is 129 Å². The number of hydrogen-bond acceptors (Lipinski definition) is 7. The van der Waals surface area contributed by atoms with Gasteiger partial charge < -0.3 is 5.73 Å². The molecule has 3 aromatic heterocycles. The van der Waals surface area contributed by atoms with E-state index in [-0.39, 0.29) is 11.5 Å². The van der Waals surface area contributed by atoms with Crippen LogP contribution in [0.1, 0.15) is 24.8 Å². The maximum Gasteiger partial charge on any atom is 0.238 e. The first-order valence-corrected chi connectivity index (χ1v) is 11.8. The maximum atomic E-state index is 11.6. The summed E-state index contributed by atoms with van der Waals surface area (Å²) in [4.78, 5) is 17.6. The number of pyridine rings is 1. The van der Waals surface area contributed by atoms with Crippen molar-refractivity contribution in [2.75, 3.05) is 11.0 Å². The first-order chi connectivity index (χ1) is 14.8. The maximum absolute atomic E-state index is 11.6. The van der Waals surface area contributed by atoms with E-state index in [4.69, 9.17) is 5.73 Å². The number of nitrogens with zero attached hydrogens (tertiary/aromatic N) is 5. The fraction of sp³-hybridized carbons (Fsp3) is 0.238. The summed E-state index contributed by atoms with van der Waals surface area (Å²) in [6.45, 7) is 0. The molecule has 3 N–H and O–H groups in total. The average molecular weight is 436 g/mol. The highest BCUT2D eigenvalue weighted by Crippen LogP contribution is 2.39. The Balaban J connectivity index is 1.69. The van der Waals surface area contributed by atoms with Gasteiger partial charge in [-0.1, -0.05) is 18.2 Å². The highest BCUT2D eigenvalue weighted by Gasteiger charge is 2.34. The van der Waals surface area contributed by atoms with Crippen molar-refractivity contribution in [3.05, 3.63) is 60.4 Å². The standard InChI is InChI=1S/C21H21N7O2S/c1-31(29,30)27-20-24-13-17-19(26-20)28(18(25-17)16-5-2-3-12-23-16)15-8-6-14(7-9-15)21(22)10-4-11-21/h2-3,5-9,12-13H,4,10-11,22H2,1H3,(H,24,26,27). The zero-order valence-electron chi connectivity index (χ0n) is 16.9. The molecule has 4 aromatic rings. The van der Waals surface area contributed by atoms with Gasteiger partial charge in [-0.3, -0.25) is 14.3 Å². The van der Waals surface area contributed by atoms with Gasteiger partial charge in [0.25, 0.3) is 0 Å². The number of sulfonamides is 1. The molecule has 1 aliphatic carbocycles. The third kappa shape index (κ3) is 3.64. The summed E-state index contributed by atoms with van der Waals surface area (Å²) in [6.07, 6.45) is 7.34. The molecule has 0 spiro atoms. The summed E-state index contributed by atoms with van der Waals surface area (Å²) in [6, 6.07) is 13.6. The number of nitrogens with two attached hydrogens (primary N) is 1. The predicted molar refractivity (Wildman–Crippen MR) is 118 cm³/mol. The van der Waals surface area contributed by atoms with E-state index in [9.17, 15) is 8.42 Å². The smallest absolute Gasteiger partial charge is 0.238 e. The zero-order valence-corrected chi connectivity index (χ0v) is 17.7. The molecule has 1 aromatic carbocycles. The van der Waals surface area contributed by atoms with Crippen molar-refractivity contribution >= 4 is 27.1 Å². The van der Waals surface area contributed by atoms with Crippen LogP contribution in [0.25, 0.3) is 28.4 Å². The van der Waals surface area contributed by atoms with Crippen molar-refractivity contribution in [2.45, 2.75) is 24.8 Å². The monoisotopic (exact) mass is 435 g/mol. The number of anilines is 1. The van der Waals surface area contributed by atoms with E-state index < -0.39 is 10.0 Å². The Bertz CT molecular complexity index is 1360. The Hall–Kier alpha value is -3.37. The lowest BCUT2D eigenvalue weighted by Crippen LogP contribution is -2.43. The molecule has 0 aliphatic heterocycles. The Kier molecular flexibility index (Phi) is 4.49. The third-order valence-corrected chi connectivity index (χ3v) is 6.07. The molecule has 1 saturated carbocycles. The zero-order chi connectivity index (χ0) is 21.6. The molecule has 31 heavy (non-hydrogen) atoms. The molecule has 0 radical (unpaired) electrons. The summed E-state index contributed by atoms with van der Waals surface area (Å²) in [5.74, 6) is 0.566. The van der Waals surface area contributed by atoms with Gasteiger partial charge in [0.2, 0.25) is 16.0 Å². The number of fused-ring (bicyclic) bond motifs is 1. The molecule has 0 atom stereocenters. The number of aromatic nitrogens is 5. The quantitative estimate of drug-likeness (QED) is 0.493. The van der Waals surface area contributed by atoms with Gasteiger partial charge in [-0.05, 0) is 49.1 Å². The number of nitrogens with one attached hydrogen (secondary N) is 1. The molecule has 10 heteroatoms. The van der Waals surface area contributed by atoms with Gasteiger partial charge in [0.05, 0.1) is 12.5 Å². The van der Waals surface area contributed by atoms with Crippen molar-refractivity contribution in [3.8, 4) is 17.2 Å². The molecule has 1 fully saturated rings. The minimum Gasteiger partial charge on any atom is -0.321 e. The minimum absolute atomic E-state index is 0.0179. The van der Waals surface area contributed by atoms with Crippen LogP contribution in [0.5, 0.6) is 0 Å². The normalized spacial score (nSPS) is 15.5. The van der Waals surface area contributed by atoms with Crippen molar-refractivity contribution in [2.24, 2.45) is 5.73 Å². The lowest BCUT2D eigenvalue weighted by molar-refractivity contribution is 0.253. The third-order valence-electron chi connectivity index (χ3n) is 5.52. The average Bonchev–Trinajstić information content (AvgIpc) is 3.10. The molecule has 0 amide bonds. The van der Waals surface area contributed by atoms with Crippen LogP contribution < -0.4 is 10.5 Å². The van der Waals surface area contributed by atoms with Crippen molar-refractivity contribution in [3.63, 3.8) is 0 Å². The van der Waals surface area contributed by atoms with Gasteiger partial charge >= 0.3 is 0 Å². The van der Waals surface area contributed by atoms with E-state index in [1.54, 1.807) is 6.20 Å². The van der Waals surface area contributed by atoms with E-state index in [1.165, 1.54) is 6.20 Å². The van der Waals surface area contributed by atoms with Crippen molar-refractivity contribution in [1.29, 1.82) is 0 Å². The number of imidazole rings is 1. The van der Waals surface area contributed by atoms with Crippen molar-refractivity contribution in [1.82, 2.24) is 24.5 Å². The van der Waals surface area contributed by atoms with Crippen LogP contribution in [0.2, 0.25) is 0 Å². The SMILES string of the molecule is CS(=O)(=O)Nc1ncc2nc(-c3ccccn3)n(-c3ccc(C4(N)CCC4)cc3)c2n1. The molecule has 9 nitrogen and oxygen atoms in total. The molecule has 0 bridgehead atoms. The van der Waals surface area contributed by atoms with Gasteiger partial charge in [-0.25, -0.2) is 18.4 Å². The number of rotatable bonds is 5. The van der Waals surface area contributed by atoms with E-state index in [1.807, 2.05) is 47.0 Å². The first-order valence-electron chi connectivity index (χ1n) is 9.87. The van der Waals surface area contributed by atoms with E-state index in [0.29, 0.717) is 22.7 Å². The molecular weight excluding hydrogens is 414 g/mol. The molecule has 3 heterocycles.